The average molecular weight is 300 g/mol. The molecule has 3 rings (SSSR count). The third-order valence-corrected chi connectivity index (χ3v) is 5.62. The molecule has 2 nitrogen and oxygen atoms in total. The molecule has 0 saturated heterocycles. The molecule has 0 radical (unpaired) electrons. The van der Waals surface area contributed by atoms with Crippen molar-refractivity contribution in [2.75, 3.05) is 13.6 Å². The quantitative estimate of drug-likeness (QED) is 0.923. The smallest absolute Gasteiger partial charge is 0.0975 e. The Bertz CT molecular complexity index is 630. The van der Waals surface area contributed by atoms with Gasteiger partial charge in [0.1, 0.15) is 0 Å². The van der Waals surface area contributed by atoms with Gasteiger partial charge in [-0.05, 0) is 56.8 Å². The molecule has 1 aromatic carbocycles. The maximum absolute atomic E-state index is 4.98. The van der Waals surface area contributed by atoms with Gasteiger partial charge in [0.25, 0.3) is 0 Å². The van der Waals surface area contributed by atoms with Crippen molar-refractivity contribution in [2.45, 2.75) is 45.4 Å². The van der Waals surface area contributed by atoms with E-state index < -0.39 is 0 Å². The lowest BCUT2D eigenvalue weighted by atomic mass is 9.91. The van der Waals surface area contributed by atoms with Crippen LogP contribution in [-0.2, 0) is 12.8 Å². The van der Waals surface area contributed by atoms with Gasteiger partial charge in [-0.15, -0.1) is 11.3 Å². The second-order valence-corrected chi connectivity index (χ2v) is 7.33. The van der Waals surface area contributed by atoms with Crippen LogP contribution in [0.2, 0.25) is 0 Å². The highest BCUT2D eigenvalue weighted by Crippen LogP contribution is 2.35. The number of likely N-dealkylation sites (N-methyl/N-ethyl adjacent to an activating group) is 1. The molecular weight excluding hydrogens is 276 g/mol. The zero-order chi connectivity index (χ0) is 14.8. The van der Waals surface area contributed by atoms with E-state index in [2.05, 4.69) is 37.4 Å². The number of nitrogens with zero attached hydrogens (tertiary/aromatic N) is 1. The molecular formula is C18H24N2S. The van der Waals surface area contributed by atoms with E-state index in [9.17, 15) is 0 Å². The van der Waals surface area contributed by atoms with Crippen LogP contribution >= 0.6 is 11.3 Å². The van der Waals surface area contributed by atoms with Gasteiger partial charge in [-0.1, -0.05) is 18.2 Å². The van der Waals surface area contributed by atoms with Crippen LogP contribution < -0.4 is 5.32 Å². The van der Waals surface area contributed by atoms with Crippen molar-refractivity contribution in [2.24, 2.45) is 0 Å². The third kappa shape index (κ3) is 3.19. The standard InChI is InChI=1S/C18H24N2S/c1-12-7-8-14(9-13(12)2)10-17-20-18-15(11-19-3)5-4-6-16(18)21-17/h7-9,15,19H,4-6,10-11H2,1-3H3. The van der Waals surface area contributed by atoms with Gasteiger partial charge in [0, 0.05) is 23.8 Å². The molecule has 0 amide bonds. The molecule has 0 aliphatic heterocycles. The Morgan fingerprint density at radius 3 is 2.90 bits per heavy atom. The number of hydrogen-bond donors (Lipinski definition) is 1. The first kappa shape index (κ1) is 14.7. The van der Waals surface area contributed by atoms with Crippen LogP contribution in [0.15, 0.2) is 18.2 Å². The van der Waals surface area contributed by atoms with Crippen molar-refractivity contribution in [1.82, 2.24) is 10.3 Å². The molecule has 1 aromatic heterocycles. The van der Waals surface area contributed by atoms with Gasteiger partial charge in [-0.2, -0.15) is 0 Å². The van der Waals surface area contributed by atoms with Crippen LogP contribution in [0.3, 0.4) is 0 Å². The monoisotopic (exact) mass is 300 g/mol. The maximum atomic E-state index is 4.98. The van der Waals surface area contributed by atoms with Crippen LogP contribution in [0, 0.1) is 13.8 Å². The highest BCUT2D eigenvalue weighted by molar-refractivity contribution is 7.11. The van der Waals surface area contributed by atoms with Crippen molar-refractivity contribution in [3.05, 3.63) is 50.5 Å². The topological polar surface area (TPSA) is 24.9 Å². The minimum atomic E-state index is 0.614. The number of aryl methyl sites for hydroxylation is 3. The molecule has 3 heteroatoms. The lowest BCUT2D eigenvalue weighted by Crippen LogP contribution is -2.21. The molecule has 2 aromatic rings. The van der Waals surface area contributed by atoms with E-state index in [0.29, 0.717) is 5.92 Å². The second-order valence-electron chi connectivity index (χ2n) is 6.16. The van der Waals surface area contributed by atoms with E-state index in [4.69, 9.17) is 4.98 Å². The summed E-state index contributed by atoms with van der Waals surface area (Å²) in [6.45, 7) is 5.41. The van der Waals surface area contributed by atoms with Gasteiger partial charge >= 0.3 is 0 Å². The highest BCUT2D eigenvalue weighted by Gasteiger charge is 2.24. The number of thiazole rings is 1. The summed E-state index contributed by atoms with van der Waals surface area (Å²) < 4.78 is 0. The molecule has 1 heterocycles. The summed E-state index contributed by atoms with van der Waals surface area (Å²) in [5, 5.41) is 4.60. The number of fused-ring (bicyclic) bond motifs is 1. The fourth-order valence-electron chi connectivity index (χ4n) is 3.17. The zero-order valence-electron chi connectivity index (χ0n) is 13.2. The molecule has 0 bridgehead atoms. The largest absolute Gasteiger partial charge is 0.319 e. The van der Waals surface area contributed by atoms with Crippen molar-refractivity contribution in [3.8, 4) is 0 Å². The van der Waals surface area contributed by atoms with Gasteiger partial charge in [-0.3, -0.25) is 0 Å². The predicted octanol–water partition coefficient (Wildman–Crippen LogP) is 3.99. The van der Waals surface area contributed by atoms with Crippen molar-refractivity contribution in [1.29, 1.82) is 0 Å². The molecule has 1 atom stereocenters. The van der Waals surface area contributed by atoms with Gasteiger partial charge < -0.3 is 5.32 Å². The van der Waals surface area contributed by atoms with Crippen LogP contribution in [0.5, 0.6) is 0 Å². The van der Waals surface area contributed by atoms with Crippen LogP contribution in [0.1, 0.15) is 51.0 Å². The Hall–Kier alpha value is -1.19. The summed E-state index contributed by atoms with van der Waals surface area (Å²) in [5.74, 6) is 0.614. The van der Waals surface area contributed by atoms with E-state index in [1.165, 1.54) is 51.5 Å². The summed E-state index contributed by atoms with van der Waals surface area (Å²) in [4.78, 5) is 6.50. The predicted molar refractivity (Wildman–Crippen MR) is 90.4 cm³/mol. The first-order chi connectivity index (χ1) is 10.2. The Morgan fingerprint density at radius 2 is 2.14 bits per heavy atom. The summed E-state index contributed by atoms with van der Waals surface area (Å²) >= 11 is 1.93. The Morgan fingerprint density at radius 1 is 1.29 bits per heavy atom. The molecule has 0 fully saturated rings. The van der Waals surface area contributed by atoms with Crippen molar-refractivity contribution >= 4 is 11.3 Å². The zero-order valence-corrected chi connectivity index (χ0v) is 14.0. The molecule has 21 heavy (non-hydrogen) atoms. The summed E-state index contributed by atoms with van der Waals surface area (Å²) in [6.07, 6.45) is 4.79. The molecule has 0 saturated carbocycles. The fourth-order valence-corrected chi connectivity index (χ4v) is 4.40. The van der Waals surface area contributed by atoms with Gasteiger partial charge in [0.05, 0.1) is 10.7 Å². The Labute approximate surface area is 131 Å². The normalized spacial score (nSPS) is 17.8. The second kappa shape index (κ2) is 6.29. The third-order valence-electron chi connectivity index (χ3n) is 4.49. The Kier molecular flexibility index (Phi) is 4.41. The minimum absolute atomic E-state index is 0.614. The number of hydrogen-bond acceptors (Lipinski definition) is 3. The van der Waals surface area contributed by atoms with Gasteiger partial charge in [0.15, 0.2) is 0 Å². The molecule has 1 aliphatic rings. The van der Waals surface area contributed by atoms with E-state index in [0.717, 1.165) is 13.0 Å². The first-order valence-corrected chi connectivity index (χ1v) is 8.68. The van der Waals surface area contributed by atoms with Crippen molar-refractivity contribution in [3.63, 3.8) is 0 Å². The molecule has 112 valence electrons. The maximum Gasteiger partial charge on any atom is 0.0975 e. The lowest BCUT2D eigenvalue weighted by molar-refractivity contribution is 0.522. The van der Waals surface area contributed by atoms with E-state index in [1.807, 2.05) is 18.4 Å². The summed E-state index contributed by atoms with van der Waals surface area (Å²) in [5.41, 5.74) is 5.50. The number of rotatable bonds is 4. The number of nitrogens with one attached hydrogen (secondary N) is 1. The van der Waals surface area contributed by atoms with Crippen molar-refractivity contribution < 1.29 is 0 Å². The SMILES string of the molecule is CNCC1CCCc2sc(Cc3ccc(C)c(C)c3)nc21. The van der Waals surface area contributed by atoms with E-state index in [1.54, 1.807) is 0 Å². The minimum Gasteiger partial charge on any atom is -0.319 e. The van der Waals surface area contributed by atoms with E-state index in [-0.39, 0.29) is 0 Å². The summed E-state index contributed by atoms with van der Waals surface area (Å²) in [6, 6.07) is 6.77. The molecule has 1 aliphatic carbocycles. The van der Waals surface area contributed by atoms with E-state index >= 15 is 0 Å². The molecule has 1 unspecified atom stereocenters. The van der Waals surface area contributed by atoms with Crippen LogP contribution in [-0.4, -0.2) is 18.6 Å². The first-order valence-electron chi connectivity index (χ1n) is 7.86. The number of benzene rings is 1. The molecule has 1 N–H and O–H groups in total. The van der Waals surface area contributed by atoms with Crippen LogP contribution in [0.4, 0.5) is 0 Å². The van der Waals surface area contributed by atoms with Gasteiger partial charge in [0.2, 0.25) is 0 Å². The molecule has 0 spiro atoms. The average Bonchev–Trinajstić information content (AvgIpc) is 2.87. The highest BCUT2D eigenvalue weighted by atomic mass is 32.1. The summed E-state index contributed by atoms with van der Waals surface area (Å²) in [7, 11) is 2.04. The number of aromatic nitrogens is 1. The fraction of sp³-hybridized carbons (Fsp3) is 0.500. The Balaban J connectivity index is 1.82. The van der Waals surface area contributed by atoms with Gasteiger partial charge in [-0.25, -0.2) is 4.98 Å². The lowest BCUT2D eigenvalue weighted by Gasteiger charge is -2.20. The van der Waals surface area contributed by atoms with Crippen LogP contribution in [0.25, 0.3) is 0 Å².